The quantitative estimate of drug-likeness (QED) is 0.517. The zero-order chi connectivity index (χ0) is 9.14. The third-order valence-electron chi connectivity index (χ3n) is 1.31. The molecule has 0 unspecified atom stereocenters. The molecule has 0 radical (unpaired) electrons. The summed E-state index contributed by atoms with van der Waals surface area (Å²) in [6.45, 7) is 0. The summed E-state index contributed by atoms with van der Waals surface area (Å²) in [5.74, 6) is -2.31. The molecule has 0 aliphatic carbocycles. The van der Waals surface area contributed by atoms with Gasteiger partial charge in [-0.2, -0.15) is 0 Å². The number of benzene rings is 1. The molecule has 0 aliphatic rings. The van der Waals surface area contributed by atoms with Crippen LogP contribution in [0.5, 0.6) is 0 Å². The van der Waals surface area contributed by atoms with Crippen molar-refractivity contribution in [3.05, 3.63) is 35.4 Å². The third-order valence-corrected chi connectivity index (χ3v) is 1.55. The molecule has 0 spiro atoms. The van der Waals surface area contributed by atoms with E-state index in [0.717, 1.165) is 12.1 Å². The van der Waals surface area contributed by atoms with Crippen LogP contribution in [-0.2, 0) is 0 Å². The van der Waals surface area contributed by atoms with Crippen LogP contribution in [0.4, 0.5) is 8.78 Å². The average molecular weight is 191 g/mol. The van der Waals surface area contributed by atoms with Gasteiger partial charge in [0.05, 0.1) is 5.88 Å². The summed E-state index contributed by atoms with van der Waals surface area (Å²) in [7, 11) is 0. The highest BCUT2D eigenvalue weighted by molar-refractivity contribution is 6.30. The minimum Gasteiger partial charge on any atom is -0.293 e. The van der Waals surface area contributed by atoms with Crippen molar-refractivity contribution in [3.63, 3.8) is 0 Å². The van der Waals surface area contributed by atoms with E-state index < -0.39 is 17.4 Å². The Bertz CT molecular complexity index is 292. The third kappa shape index (κ3) is 2.01. The maximum Gasteiger partial charge on any atom is 0.177 e. The van der Waals surface area contributed by atoms with Gasteiger partial charge in [-0.25, -0.2) is 8.78 Å². The number of hydrogen-bond donors (Lipinski definition) is 0. The summed E-state index contributed by atoms with van der Waals surface area (Å²) >= 11 is 5.20. The van der Waals surface area contributed by atoms with Gasteiger partial charge in [-0.15, -0.1) is 11.6 Å². The summed E-state index contributed by atoms with van der Waals surface area (Å²) in [6, 6.07) is 2.60. The van der Waals surface area contributed by atoms with Crippen LogP contribution in [0, 0.1) is 11.6 Å². The molecule has 0 aliphatic heterocycles. The summed E-state index contributed by atoms with van der Waals surface area (Å²) < 4.78 is 25.0. The second-order valence-corrected chi connectivity index (χ2v) is 2.48. The summed E-state index contributed by atoms with van der Waals surface area (Å²) in [4.78, 5) is 10.9. The lowest BCUT2D eigenvalue weighted by atomic mass is 10.1. The first kappa shape index (κ1) is 9.13. The average Bonchev–Trinajstić information content (AvgIpc) is 2.01. The molecule has 4 heteroatoms. The predicted octanol–water partition coefficient (Wildman–Crippen LogP) is 2.39. The Kier molecular flexibility index (Phi) is 2.76. The molecule has 64 valence electrons. The number of alkyl halides is 1. The molecule has 0 saturated heterocycles. The highest BCUT2D eigenvalue weighted by atomic mass is 35.5. The van der Waals surface area contributed by atoms with Gasteiger partial charge in [0.25, 0.3) is 0 Å². The van der Waals surface area contributed by atoms with Crippen molar-refractivity contribution in [2.24, 2.45) is 0 Å². The Morgan fingerprint density at radius 3 is 2.17 bits per heavy atom. The number of Topliss-reactive ketones (excluding diaryl/α,β-unsaturated/α-hetero) is 1. The van der Waals surface area contributed by atoms with Crippen LogP contribution in [-0.4, -0.2) is 11.7 Å². The van der Waals surface area contributed by atoms with Crippen LogP contribution < -0.4 is 0 Å². The van der Waals surface area contributed by atoms with E-state index in [9.17, 15) is 13.6 Å². The van der Waals surface area contributed by atoms with Crippen molar-refractivity contribution in [3.8, 4) is 0 Å². The molecule has 1 aromatic carbocycles. The zero-order valence-corrected chi connectivity index (χ0v) is 6.74. The molecule has 0 saturated carbocycles. The van der Waals surface area contributed by atoms with Gasteiger partial charge in [-0.05, 0) is 12.1 Å². The van der Waals surface area contributed by atoms with E-state index >= 15 is 0 Å². The van der Waals surface area contributed by atoms with Crippen molar-refractivity contribution < 1.29 is 13.6 Å². The summed E-state index contributed by atoms with van der Waals surface area (Å²) in [5, 5.41) is 0. The monoisotopic (exact) mass is 190 g/mol. The largest absolute Gasteiger partial charge is 0.293 e. The van der Waals surface area contributed by atoms with Gasteiger partial charge in [-0.3, -0.25) is 4.79 Å². The lowest BCUT2D eigenvalue weighted by Crippen LogP contribution is -2.01. The lowest BCUT2D eigenvalue weighted by Gasteiger charge is -1.96. The normalized spacial score (nSPS) is 9.92. The van der Waals surface area contributed by atoms with Crippen LogP contribution in [0.2, 0.25) is 0 Å². The first-order valence-electron chi connectivity index (χ1n) is 3.18. The van der Waals surface area contributed by atoms with E-state index in [-0.39, 0.29) is 11.4 Å². The van der Waals surface area contributed by atoms with Crippen LogP contribution in [0.3, 0.4) is 0 Å². The fourth-order valence-electron chi connectivity index (χ4n) is 0.792. The van der Waals surface area contributed by atoms with Crippen molar-refractivity contribution >= 4 is 17.4 Å². The number of carbonyl (C=O) groups is 1. The Morgan fingerprint density at radius 1 is 1.25 bits per heavy atom. The van der Waals surface area contributed by atoms with Crippen LogP contribution in [0.1, 0.15) is 10.4 Å². The highest BCUT2D eigenvalue weighted by Gasteiger charge is 2.07. The second kappa shape index (κ2) is 3.63. The first-order valence-corrected chi connectivity index (χ1v) is 3.72. The minimum atomic E-state index is -0.775. The molecule has 0 heterocycles. The van der Waals surface area contributed by atoms with Crippen LogP contribution >= 0.6 is 11.6 Å². The molecule has 0 fully saturated rings. The van der Waals surface area contributed by atoms with Crippen molar-refractivity contribution in [1.82, 2.24) is 0 Å². The van der Waals surface area contributed by atoms with E-state index in [1.807, 2.05) is 0 Å². The standard InChI is InChI=1S/C8H5ClF2O/c9-4-8(12)5-1-6(10)3-7(11)2-5/h1-3H,4H2. The van der Waals surface area contributed by atoms with Crippen molar-refractivity contribution in [1.29, 1.82) is 0 Å². The van der Waals surface area contributed by atoms with Gasteiger partial charge < -0.3 is 0 Å². The van der Waals surface area contributed by atoms with E-state index in [2.05, 4.69) is 0 Å². The van der Waals surface area contributed by atoms with Gasteiger partial charge in [-0.1, -0.05) is 0 Å². The number of carbonyl (C=O) groups excluding carboxylic acids is 1. The molecule has 1 nitrogen and oxygen atoms in total. The molecule has 12 heavy (non-hydrogen) atoms. The number of hydrogen-bond acceptors (Lipinski definition) is 1. The Balaban J connectivity index is 3.08. The van der Waals surface area contributed by atoms with E-state index in [0.29, 0.717) is 6.07 Å². The van der Waals surface area contributed by atoms with Crippen LogP contribution in [0.15, 0.2) is 18.2 Å². The van der Waals surface area contributed by atoms with Gasteiger partial charge >= 0.3 is 0 Å². The Labute approximate surface area is 73.0 Å². The zero-order valence-electron chi connectivity index (χ0n) is 5.98. The SMILES string of the molecule is O=C(CCl)c1cc(F)cc(F)c1. The smallest absolute Gasteiger partial charge is 0.177 e. The molecule has 0 aromatic heterocycles. The van der Waals surface area contributed by atoms with Gasteiger partial charge in [0.15, 0.2) is 5.78 Å². The topological polar surface area (TPSA) is 17.1 Å². The Hall–Kier alpha value is -0.960. The van der Waals surface area contributed by atoms with E-state index in [1.54, 1.807) is 0 Å². The number of halogens is 3. The van der Waals surface area contributed by atoms with Crippen molar-refractivity contribution in [2.45, 2.75) is 0 Å². The van der Waals surface area contributed by atoms with Gasteiger partial charge in [0.2, 0.25) is 0 Å². The fourth-order valence-corrected chi connectivity index (χ4v) is 0.946. The molecule has 1 rings (SSSR count). The summed E-state index contributed by atoms with van der Waals surface area (Å²) in [6.07, 6.45) is 0. The molecule has 0 N–H and O–H groups in total. The number of ketones is 1. The molecule has 0 amide bonds. The summed E-state index contributed by atoms with van der Waals surface area (Å²) in [5.41, 5.74) is -0.0394. The second-order valence-electron chi connectivity index (χ2n) is 2.21. The Morgan fingerprint density at radius 2 is 1.75 bits per heavy atom. The van der Waals surface area contributed by atoms with Gasteiger partial charge in [0, 0.05) is 11.6 Å². The maximum absolute atomic E-state index is 12.5. The van der Waals surface area contributed by atoms with Crippen molar-refractivity contribution in [2.75, 3.05) is 5.88 Å². The molecule has 1 aromatic rings. The molecular weight excluding hydrogens is 186 g/mol. The molecule has 0 atom stereocenters. The maximum atomic E-state index is 12.5. The highest BCUT2D eigenvalue weighted by Crippen LogP contribution is 2.08. The fraction of sp³-hybridized carbons (Fsp3) is 0.125. The molecule has 0 bridgehead atoms. The predicted molar refractivity (Wildman–Crippen MR) is 41.4 cm³/mol. The first-order chi connectivity index (χ1) is 5.63. The van der Waals surface area contributed by atoms with Crippen LogP contribution in [0.25, 0.3) is 0 Å². The van der Waals surface area contributed by atoms with Gasteiger partial charge in [0.1, 0.15) is 11.6 Å². The van der Waals surface area contributed by atoms with E-state index in [1.165, 1.54) is 0 Å². The minimum absolute atomic E-state index is 0.0394. The van der Waals surface area contributed by atoms with E-state index in [4.69, 9.17) is 11.6 Å². The number of rotatable bonds is 2. The lowest BCUT2D eigenvalue weighted by molar-refractivity contribution is 0.102. The molecular formula is C8H5ClF2O.